The lowest BCUT2D eigenvalue weighted by molar-refractivity contribution is -0.117. The number of ketones is 1. The van der Waals surface area contributed by atoms with Gasteiger partial charge in [0.05, 0.1) is 0 Å². The molecule has 0 unspecified atom stereocenters. The van der Waals surface area contributed by atoms with E-state index in [1.807, 2.05) is 6.08 Å². The standard InChI is InChI=1S/C23H33NO/c1-22-13-10-21-19(20(22)8-6-16(22)11-14-24(3)4)7-5-17-15-18(25)9-12-23(17,21)2/h6,11,14-15,19-21H,5,7-10,12-13H2,1-4H3/b14-11+/t19-,20-,21-,22+,23-/m0/s1. The summed E-state index contributed by atoms with van der Waals surface area (Å²) in [6.45, 7) is 4.99. The Balaban J connectivity index is 1.61. The first kappa shape index (κ1) is 17.1. The van der Waals surface area contributed by atoms with Crippen molar-refractivity contribution in [1.29, 1.82) is 0 Å². The molecule has 2 nitrogen and oxygen atoms in total. The predicted molar refractivity (Wildman–Crippen MR) is 103 cm³/mol. The van der Waals surface area contributed by atoms with E-state index in [0.29, 0.717) is 16.6 Å². The lowest BCUT2D eigenvalue weighted by Gasteiger charge is -2.57. The van der Waals surface area contributed by atoms with Gasteiger partial charge in [-0.05, 0) is 91.0 Å². The van der Waals surface area contributed by atoms with Gasteiger partial charge >= 0.3 is 0 Å². The summed E-state index contributed by atoms with van der Waals surface area (Å²) in [6.07, 6.45) is 17.3. The molecule has 136 valence electrons. The van der Waals surface area contributed by atoms with Gasteiger partial charge in [-0.15, -0.1) is 0 Å². The first-order chi connectivity index (χ1) is 11.8. The van der Waals surface area contributed by atoms with Crippen LogP contribution in [0.3, 0.4) is 0 Å². The van der Waals surface area contributed by atoms with Crippen molar-refractivity contribution in [1.82, 2.24) is 4.90 Å². The third kappa shape index (κ3) is 2.55. The second-order valence-electron chi connectivity index (χ2n) is 9.60. The zero-order valence-electron chi connectivity index (χ0n) is 16.3. The molecule has 0 amide bonds. The molecule has 0 N–H and O–H groups in total. The molecule has 4 aliphatic carbocycles. The molecule has 0 spiro atoms. The second kappa shape index (κ2) is 5.86. The Bertz CT molecular complexity index is 670. The predicted octanol–water partition coefficient (Wildman–Crippen LogP) is 5.13. The molecule has 0 bridgehead atoms. The maximum atomic E-state index is 11.9. The van der Waals surface area contributed by atoms with Crippen molar-refractivity contribution in [2.75, 3.05) is 14.1 Å². The van der Waals surface area contributed by atoms with Crippen LogP contribution in [0.1, 0.15) is 58.8 Å². The summed E-state index contributed by atoms with van der Waals surface area (Å²) >= 11 is 0. The van der Waals surface area contributed by atoms with E-state index in [2.05, 4.69) is 51.2 Å². The van der Waals surface area contributed by atoms with Crippen molar-refractivity contribution >= 4 is 5.78 Å². The summed E-state index contributed by atoms with van der Waals surface area (Å²) in [4.78, 5) is 14.1. The number of fused-ring (bicyclic) bond motifs is 5. The highest BCUT2D eigenvalue weighted by Crippen LogP contribution is 2.65. The van der Waals surface area contributed by atoms with Crippen LogP contribution < -0.4 is 0 Å². The van der Waals surface area contributed by atoms with Gasteiger partial charge in [-0.25, -0.2) is 0 Å². The van der Waals surface area contributed by atoms with Crippen LogP contribution in [0.4, 0.5) is 0 Å². The van der Waals surface area contributed by atoms with Gasteiger partial charge < -0.3 is 4.90 Å². The van der Waals surface area contributed by atoms with Gasteiger partial charge in [0.1, 0.15) is 0 Å². The monoisotopic (exact) mass is 339 g/mol. The van der Waals surface area contributed by atoms with E-state index < -0.39 is 0 Å². The van der Waals surface area contributed by atoms with Gasteiger partial charge in [0.25, 0.3) is 0 Å². The summed E-state index contributed by atoms with van der Waals surface area (Å²) in [5, 5.41) is 0. The Hall–Kier alpha value is -1.31. The van der Waals surface area contributed by atoms with Gasteiger partial charge in [-0.3, -0.25) is 4.79 Å². The summed E-state index contributed by atoms with van der Waals surface area (Å²) in [7, 11) is 4.20. The lowest BCUT2D eigenvalue weighted by atomic mass is 9.47. The van der Waals surface area contributed by atoms with Crippen LogP contribution in [-0.4, -0.2) is 24.8 Å². The van der Waals surface area contributed by atoms with Crippen LogP contribution >= 0.6 is 0 Å². The minimum Gasteiger partial charge on any atom is -0.383 e. The number of carbonyl (C=O) groups excluding carboxylic acids is 1. The number of allylic oxidation sites excluding steroid dienone is 5. The molecule has 0 heterocycles. The van der Waals surface area contributed by atoms with E-state index in [9.17, 15) is 4.79 Å². The fourth-order valence-electron chi connectivity index (χ4n) is 6.65. The van der Waals surface area contributed by atoms with E-state index in [1.165, 1.54) is 31.3 Å². The van der Waals surface area contributed by atoms with Gasteiger partial charge in [0.2, 0.25) is 0 Å². The minimum absolute atomic E-state index is 0.292. The second-order valence-corrected chi connectivity index (χ2v) is 9.60. The molecule has 4 aliphatic rings. The van der Waals surface area contributed by atoms with Crippen LogP contribution in [0.2, 0.25) is 0 Å². The summed E-state index contributed by atoms with van der Waals surface area (Å²) in [5.74, 6) is 2.77. The molecule has 4 rings (SSSR count). The number of hydrogen-bond donors (Lipinski definition) is 0. The SMILES string of the molecule is CN(C)/C=C/C1=CC[C@H]2[C@@H]3CCC4=CC(=O)CC[C@]4(C)[C@H]3CC[C@]12C. The number of rotatable bonds is 2. The van der Waals surface area contributed by atoms with Crippen LogP contribution in [0.15, 0.2) is 35.6 Å². The molecule has 0 radical (unpaired) electrons. The van der Waals surface area contributed by atoms with Crippen LogP contribution in [0, 0.1) is 28.6 Å². The zero-order chi connectivity index (χ0) is 17.8. The van der Waals surface area contributed by atoms with Crippen molar-refractivity contribution in [3.63, 3.8) is 0 Å². The Morgan fingerprint density at radius 1 is 1.08 bits per heavy atom. The van der Waals surface area contributed by atoms with E-state index in [4.69, 9.17) is 0 Å². The zero-order valence-corrected chi connectivity index (χ0v) is 16.3. The summed E-state index contributed by atoms with van der Waals surface area (Å²) < 4.78 is 0. The Morgan fingerprint density at radius 2 is 1.88 bits per heavy atom. The summed E-state index contributed by atoms with van der Waals surface area (Å²) in [6, 6.07) is 0. The molecule has 0 aliphatic heterocycles. The molecule has 2 heteroatoms. The molecule has 2 fully saturated rings. The van der Waals surface area contributed by atoms with Crippen LogP contribution in [0.5, 0.6) is 0 Å². The van der Waals surface area contributed by atoms with E-state index in [1.54, 1.807) is 5.57 Å². The molecule has 25 heavy (non-hydrogen) atoms. The van der Waals surface area contributed by atoms with Gasteiger partial charge in [-0.2, -0.15) is 0 Å². The molecule has 0 aromatic carbocycles. The topological polar surface area (TPSA) is 20.3 Å². The third-order valence-electron chi connectivity index (χ3n) is 8.16. The fourth-order valence-corrected chi connectivity index (χ4v) is 6.65. The maximum Gasteiger partial charge on any atom is 0.155 e. The Labute approximate surface area is 153 Å². The van der Waals surface area contributed by atoms with Crippen molar-refractivity contribution in [2.45, 2.75) is 58.8 Å². The normalized spacial score (nSPS) is 43.2. The van der Waals surface area contributed by atoms with Crippen LogP contribution in [0.25, 0.3) is 0 Å². The Morgan fingerprint density at radius 3 is 2.64 bits per heavy atom. The van der Waals surface area contributed by atoms with E-state index >= 15 is 0 Å². The quantitative estimate of drug-likeness (QED) is 0.695. The minimum atomic E-state index is 0.292. The first-order valence-corrected chi connectivity index (χ1v) is 10.1. The molecule has 5 atom stereocenters. The molecule has 0 saturated heterocycles. The van der Waals surface area contributed by atoms with Gasteiger partial charge in [0, 0.05) is 20.5 Å². The highest BCUT2D eigenvalue weighted by Gasteiger charge is 2.56. The summed E-state index contributed by atoms with van der Waals surface area (Å²) in [5.41, 5.74) is 3.69. The van der Waals surface area contributed by atoms with Crippen molar-refractivity contribution in [3.8, 4) is 0 Å². The molecular formula is C23H33NO. The van der Waals surface area contributed by atoms with E-state index in [-0.39, 0.29) is 0 Å². The number of carbonyl (C=O) groups is 1. The number of hydrogen-bond acceptors (Lipinski definition) is 2. The average Bonchev–Trinajstić information content (AvgIpc) is 2.90. The number of nitrogens with zero attached hydrogens (tertiary/aromatic N) is 1. The molecule has 2 saturated carbocycles. The largest absolute Gasteiger partial charge is 0.383 e. The smallest absolute Gasteiger partial charge is 0.155 e. The molecule has 0 aromatic rings. The van der Waals surface area contributed by atoms with Crippen molar-refractivity contribution in [2.24, 2.45) is 28.6 Å². The molecule has 0 aromatic heterocycles. The molecular weight excluding hydrogens is 306 g/mol. The third-order valence-corrected chi connectivity index (χ3v) is 8.16. The highest BCUT2D eigenvalue weighted by molar-refractivity contribution is 5.91. The first-order valence-electron chi connectivity index (χ1n) is 10.1. The fraction of sp³-hybridized carbons (Fsp3) is 0.696. The lowest BCUT2D eigenvalue weighted by Crippen LogP contribution is -2.49. The van der Waals surface area contributed by atoms with Crippen molar-refractivity contribution < 1.29 is 4.79 Å². The van der Waals surface area contributed by atoms with E-state index in [0.717, 1.165) is 37.0 Å². The van der Waals surface area contributed by atoms with Crippen molar-refractivity contribution in [3.05, 3.63) is 35.6 Å². The van der Waals surface area contributed by atoms with Gasteiger partial charge in [0.15, 0.2) is 5.78 Å². The maximum absolute atomic E-state index is 11.9. The highest BCUT2D eigenvalue weighted by atomic mass is 16.1. The Kier molecular flexibility index (Phi) is 4.01. The van der Waals surface area contributed by atoms with Crippen LogP contribution in [-0.2, 0) is 4.79 Å². The average molecular weight is 340 g/mol. The van der Waals surface area contributed by atoms with Gasteiger partial charge in [-0.1, -0.05) is 25.5 Å².